The molecule has 0 unspecified atom stereocenters. The lowest BCUT2D eigenvalue weighted by Crippen LogP contribution is -2.41. The van der Waals surface area contributed by atoms with Crippen molar-refractivity contribution in [2.45, 2.75) is 32.0 Å². The molecule has 0 saturated carbocycles. The van der Waals surface area contributed by atoms with Crippen LogP contribution in [-0.2, 0) is 0 Å². The van der Waals surface area contributed by atoms with Crippen LogP contribution in [0, 0.1) is 0 Å². The van der Waals surface area contributed by atoms with Crippen molar-refractivity contribution in [1.82, 2.24) is 5.32 Å². The van der Waals surface area contributed by atoms with Crippen molar-refractivity contribution in [3.63, 3.8) is 0 Å². The quantitative estimate of drug-likeness (QED) is 0.618. The molecule has 0 saturated heterocycles. The number of benzene rings is 3. The van der Waals surface area contributed by atoms with Gasteiger partial charge in [-0.05, 0) is 41.0 Å². The first kappa shape index (κ1) is 15.7. The van der Waals surface area contributed by atoms with Crippen LogP contribution in [0.4, 0.5) is 0 Å². The summed E-state index contributed by atoms with van der Waals surface area (Å²) in [4.78, 5) is 0. The van der Waals surface area contributed by atoms with E-state index < -0.39 is 0 Å². The van der Waals surface area contributed by atoms with Gasteiger partial charge in [0.1, 0.15) is 5.75 Å². The van der Waals surface area contributed by atoms with Gasteiger partial charge in [-0.25, -0.2) is 0 Å². The molecule has 0 amide bonds. The van der Waals surface area contributed by atoms with E-state index in [-0.39, 0.29) is 12.3 Å². The van der Waals surface area contributed by atoms with Crippen LogP contribution in [0.25, 0.3) is 10.8 Å². The minimum absolute atomic E-state index is 0.0531. The van der Waals surface area contributed by atoms with Gasteiger partial charge in [0.15, 0.2) is 6.23 Å². The van der Waals surface area contributed by atoms with Gasteiger partial charge in [0.2, 0.25) is 0 Å². The molecule has 1 heterocycles. The van der Waals surface area contributed by atoms with Crippen molar-refractivity contribution in [3.05, 3.63) is 76.3 Å². The molecule has 24 heavy (non-hydrogen) atoms. The molecule has 3 heteroatoms. The van der Waals surface area contributed by atoms with E-state index in [4.69, 9.17) is 4.74 Å². The molecule has 3 aromatic rings. The van der Waals surface area contributed by atoms with Crippen molar-refractivity contribution in [2.75, 3.05) is 0 Å². The average molecular weight is 382 g/mol. The van der Waals surface area contributed by atoms with Gasteiger partial charge in [-0.3, -0.25) is 5.32 Å². The first-order valence-electron chi connectivity index (χ1n) is 8.46. The summed E-state index contributed by atoms with van der Waals surface area (Å²) in [5.74, 6) is 0.999. The highest BCUT2D eigenvalue weighted by Crippen LogP contribution is 2.40. The van der Waals surface area contributed by atoms with Crippen LogP contribution < -0.4 is 10.1 Å². The molecule has 0 spiro atoms. The number of halogens is 1. The van der Waals surface area contributed by atoms with Crippen LogP contribution in [0.1, 0.15) is 36.9 Å². The second-order valence-electron chi connectivity index (χ2n) is 6.24. The molecule has 1 aliphatic heterocycles. The minimum Gasteiger partial charge on any atom is -0.475 e. The summed E-state index contributed by atoms with van der Waals surface area (Å²) >= 11 is 3.53. The molecule has 1 N–H and O–H groups in total. The summed E-state index contributed by atoms with van der Waals surface area (Å²) < 4.78 is 7.33. The maximum absolute atomic E-state index is 6.24. The predicted molar refractivity (Wildman–Crippen MR) is 102 cm³/mol. The maximum Gasteiger partial charge on any atom is 0.150 e. The predicted octanol–water partition coefficient (Wildman–Crippen LogP) is 5.80. The zero-order chi connectivity index (χ0) is 16.5. The molecule has 122 valence electrons. The number of ether oxygens (including phenoxy) is 1. The molecule has 0 aromatic heterocycles. The summed E-state index contributed by atoms with van der Waals surface area (Å²) in [6.07, 6.45) is 2.14. The molecule has 0 radical (unpaired) electrons. The zero-order valence-corrected chi connectivity index (χ0v) is 15.2. The van der Waals surface area contributed by atoms with E-state index in [0.717, 1.165) is 23.1 Å². The first-order chi connectivity index (χ1) is 11.8. The molecule has 2 nitrogen and oxygen atoms in total. The standard InChI is InChI=1S/C21H20BrNO/c1-2-5-19-23-21(15-8-11-16(22)12-9-15)20-17-7-4-3-6-14(17)10-13-18(20)24-19/h3-4,6-13,19,21,23H,2,5H2,1H3/t19-,21+/m1/s1. The summed E-state index contributed by atoms with van der Waals surface area (Å²) in [7, 11) is 0. The Kier molecular flexibility index (Phi) is 4.30. The minimum atomic E-state index is 0.0531. The Morgan fingerprint density at radius 2 is 1.79 bits per heavy atom. The smallest absolute Gasteiger partial charge is 0.150 e. The highest BCUT2D eigenvalue weighted by Gasteiger charge is 2.29. The van der Waals surface area contributed by atoms with Gasteiger partial charge in [0, 0.05) is 10.0 Å². The summed E-state index contributed by atoms with van der Waals surface area (Å²) in [5.41, 5.74) is 2.50. The van der Waals surface area contributed by atoms with Gasteiger partial charge in [0.25, 0.3) is 0 Å². The molecule has 0 fully saturated rings. The Hall–Kier alpha value is -1.84. The van der Waals surface area contributed by atoms with E-state index in [9.17, 15) is 0 Å². The molecule has 0 aliphatic carbocycles. The van der Waals surface area contributed by atoms with Crippen molar-refractivity contribution in [2.24, 2.45) is 0 Å². The van der Waals surface area contributed by atoms with E-state index in [1.54, 1.807) is 0 Å². The van der Waals surface area contributed by atoms with Crippen LogP contribution >= 0.6 is 15.9 Å². The third kappa shape index (κ3) is 2.83. The largest absolute Gasteiger partial charge is 0.475 e. The Labute approximate surface area is 151 Å². The lowest BCUT2D eigenvalue weighted by molar-refractivity contribution is 0.123. The lowest BCUT2D eigenvalue weighted by Gasteiger charge is -2.35. The Morgan fingerprint density at radius 1 is 1.00 bits per heavy atom. The fraction of sp³-hybridized carbons (Fsp3) is 0.238. The fourth-order valence-corrected chi connectivity index (χ4v) is 3.72. The van der Waals surface area contributed by atoms with E-state index in [1.807, 2.05) is 0 Å². The van der Waals surface area contributed by atoms with Crippen LogP contribution in [0.15, 0.2) is 65.1 Å². The van der Waals surface area contributed by atoms with Gasteiger partial charge >= 0.3 is 0 Å². The van der Waals surface area contributed by atoms with Crippen molar-refractivity contribution in [1.29, 1.82) is 0 Å². The highest BCUT2D eigenvalue weighted by molar-refractivity contribution is 9.10. The fourth-order valence-electron chi connectivity index (χ4n) is 3.46. The second kappa shape index (κ2) is 6.58. The summed E-state index contributed by atoms with van der Waals surface area (Å²) in [6, 6.07) is 21.5. The third-order valence-electron chi connectivity index (χ3n) is 4.60. The SMILES string of the molecule is CCC[C@@H]1N[C@@H](c2ccc(Br)cc2)c2c(ccc3ccccc23)O1. The van der Waals surface area contributed by atoms with Crippen LogP contribution in [0.5, 0.6) is 5.75 Å². The monoisotopic (exact) mass is 381 g/mol. The molecule has 3 aromatic carbocycles. The number of hydrogen-bond donors (Lipinski definition) is 1. The van der Waals surface area contributed by atoms with E-state index in [2.05, 4.69) is 88.8 Å². The maximum atomic E-state index is 6.24. The van der Waals surface area contributed by atoms with Gasteiger partial charge < -0.3 is 4.74 Å². The summed E-state index contributed by atoms with van der Waals surface area (Å²) in [5, 5.41) is 6.20. The molecule has 4 rings (SSSR count). The van der Waals surface area contributed by atoms with Crippen LogP contribution in [0.2, 0.25) is 0 Å². The first-order valence-corrected chi connectivity index (χ1v) is 9.25. The van der Waals surface area contributed by atoms with Gasteiger partial charge in [0.05, 0.1) is 6.04 Å². The van der Waals surface area contributed by atoms with E-state index in [0.29, 0.717) is 0 Å². The number of rotatable bonds is 3. The summed E-state index contributed by atoms with van der Waals surface area (Å²) in [6.45, 7) is 2.19. The van der Waals surface area contributed by atoms with Gasteiger partial charge in [-0.15, -0.1) is 0 Å². The van der Waals surface area contributed by atoms with Crippen molar-refractivity contribution in [3.8, 4) is 5.75 Å². The number of hydrogen-bond acceptors (Lipinski definition) is 2. The third-order valence-corrected chi connectivity index (χ3v) is 5.12. The zero-order valence-electron chi connectivity index (χ0n) is 13.6. The van der Waals surface area contributed by atoms with Crippen LogP contribution in [0.3, 0.4) is 0 Å². The number of fused-ring (bicyclic) bond motifs is 3. The second-order valence-corrected chi connectivity index (χ2v) is 7.16. The molecule has 1 aliphatic rings. The number of nitrogens with one attached hydrogen (secondary N) is 1. The van der Waals surface area contributed by atoms with Gasteiger partial charge in [-0.1, -0.05) is 71.7 Å². The van der Waals surface area contributed by atoms with Gasteiger partial charge in [-0.2, -0.15) is 0 Å². The topological polar surface area (TPSA) is 21.3 Å². The lowest BCUT2D eigenvalue weighted by atomic mass is 9.91. The molecular weight excluding hydrogens is 362 g/mol. The average Bonchev–Trinajstić information content (AvgIpc) is 2.62. The van der Waals surface area contributed by atoms with Crippen molar-refractivity contribution < 1.29 is 4.74 Å². The van der Waals surface area contributed by atoms with E-state index >= 15 is 0 Å². The molecule has 2 atom stereocenters. The Balaban J connectivity index is 1.89. The van der Waals surface area contributed by atoms with E-state index in [1.165, 1.54) is 21.9 Å². The Bertz CT molecular complexity index is 859. The highest BCUT2D eigenvalue weighted by atomic mass is 79.9. The normalized spacial score (nSPS) is 19.8. The van der Waals surface area contributed by atoms with Crippen molar-refractivity contribution >= 4 is 26.7 Å². The molecule has 0 bridgehead atoms. The Morgan fingerprint density at radius 3 is 2.58 bits per heavy atom. The van der Waals surface area contributed by atoms with Crippen LogP contribution in [-0.4, -0.2) is 6.23 Å². The molecular formula is C21H20BrNO.